The number of aryl methyl sites for hydroxylation is 1. The minimum Gasteiger partial charge on any atom is -0.497 e. The molecule has 0 aliphatic heterocycles. The number of carbonyl (C=O) groups excluding carboxylic acids is 2. The molecule has 0 atom stereocenters. The second-order valence-electron chi connectivity index (χ2n) is 6.10. The average Bonchev–Trinajstić information content (AvgIpc) is 2.73. The Morgan fingerprint density at radius 1 is 1.07 bits per heavy atom. The Kier molecular flexibility index (Phi) is 6.03. The number of benzene rings is 2. The van der Waals surface area contributed by atoms with Gasteiger partial charge in [-0.15, -0.1) is 0 Å². The lowest BCUT2D eigenvalue weighted by atomic mass is 10.3. The fourth-order valence-electron chi connectivity index (χ4n) is 2.59. The van der Waals surface area contributed by atoms with Crippen molar-refractivity contribution >= 4 is 17.6 Å². The number of anilines is 1. The van der Waals surface area contributed by atoms with Crippen LogP contribution in [0.2, 0.25) is 0 Å². The first-order valence-corrected chi connectivity index (χ1v) is 8.75. The van der Waals surface area contributed by atoms with E-state index < -0.39 is 29.6 Å². The van der Waals surface area contributed by atoms with E-state index in [0.29, 0.717) is 22.8 Å². The predicted molar refractivity (Wildman–Crippen MR) is 106 cm³/mol. The molecular formula is C21H19N3O5. The summed E-state index contributed by atoms with van der Waals surface area (Å²) in [5.74, 6) is -0.863. The number of aromatic nitrogens is 2. The molecule has 148 valence electrons. The van der Waals surface area contributed by atoms with Crippen LogP contribution in [0.25, 0.3) is 5.69 Å². The van der Waals surface area contributed by atoms with Crippen LogP contribution >= 0.6 is 0 Å². The molecule has 1 aromatic heterocycles. The van der Waals surface area contributed by atoms with E-state index in [1.54, 1.807) is 43.3 Å². The standard InChI is InChI=1S/C21H19N3O5/c1-14-12-18(25)20(23-24(14)16-6-4-3-5-7-16)21(27)29-13-19(26)22-15-8-10-17(28-2)11-9-15/h3-12H,13H2,1-2H3,(H,22,26). The van der Waals surface area contributed by atoms with Gasteiger partial charge in [-0.3, -0.25) is 9.59 Å². The summed E-state index contributed by atoms with van der Waals surface area (Å²) in [5.41, 5.74) is 0.810. The number of methoxy groups -OCH3 is 1. The number of hydrogen-bond donors (Lipinski definition) is 1. The highest BCUT2D eigenvalue weighted by Crippen LogP contribution is 2.15. The molecule has 8 nitrogen and oxygen atoms in total. The minimum atomic E-state index is -0.968. The lowest BCUT2D eigenvalue weighted by Crippen LogP contribution is -2.27. The average molecular weight is 393 g/mol. The van der Waals surface area contributed by atoms with E-state index in [0.717, 1.165) is 0 Å². The number of esters is 1. The van der Waals surface area contributed by atoms with Crippen molar-refractivity contribution in [1.82, 2.24) is 9.78 Å². The van der Waals surface area contributed by atoms with Crippen LogP contribution in [0.4, 0.5) is 5.69 Å². The Morgan fingerprint density at radius 2 is 1.76 bits per heavy atom. The van der Waals surface area contributed by atoms with E-state index >= 15 is 0 Å². The van der Waals surface area contributed by atoms with Gasteiger partial charge < -0.3 is 14.8 Å². The lowest BCUT2D eigenvalue weighted by Gasteiger charge is -2.11. The van der Waals surface area contributed by atoms with Gasteiger partial charge in [0.2, 0.25) is 11.1 Å². The first-order valence-electron chi connectivity index (χ1n) is 8.75. The lowest BCUT2D eigenvalue weighted by molar-refractivity contribution is -0.119. The van der Waals surface area contributed by atoms with Crippen LogP contribution in [0.1, 0.15) is 16.2 Å². The van der Waals surface area contributed by atoms with Crippen LogP contribution in [0.3, 0.4) is 0 Å². The van der Waals surface area contributed by atoms with Crippen LogP contribution in [0.15, 0.2) is 65.5 Å². The van der Waals surface area contributed by atoms with E-state index in [1.165, 1.54) is 17.9 Å². The van der Waals surface area contributed by atoms with Crippen molar-refractivity contribution in [2.75, 3.05) is 19.0 Å². The summed E-state index contributed by atoms with van der Waals surface area (Å²) in [4.78, 5) is 36.5. The van der Waals surface area contributed by atoms with Crippen molar-refractivity contribution in [3.8, 4) is 11.4 Å². The highest BCUT2D eigenvalue weighted by Gasteiger charge is 2.18. The SMILES string of the molecule is COc1ccc(NC(=O)COC(=O)c2nn(-c3ccccc3)c(C)cc2=O)cc1. The van der Waals surface area contributed by atoms with E-state index in [2.05, 4.69) is 10.4 Å². The topological polar surface area (TPSA) is 99.5 Å². The molecule has 1 heterocycles. The second kappa shape index (κ2) is 8.83. The Labute approximate surface area is 166 Å². The maximum absolute atomic E-state index is 12.3. The minimum absolute atomic E-state index is 0.392. The third-order valence-corrected chi connectivity index (χ3v) is 4.01. The summed E-state index contributed by atoms with van der Waals surface area (Å²) < 4.78 is 11.5. The number of hydrogen-bond acceptors (Lipinski definition) is 6. The van der Waals surface area contributed by atoms with Crippen molar-refractivity contribution in [3.63, 3.8) is 0 Å². The van der Waals surface area contributed by atoms with Crippen molar-refractivity contribution in [1.29, 1.82) is 0 Å². The van der Waals surface area contributed by atoms with Gasteiger partial charge in [-0.25, -0.2) is 9.48 Å². The normalized spacial score (nSPS) is 10.3. The fourth-order valence-corrected chi connectivity index (χ4v) is 2.59. The highest BCUT2D eigenvalue weighted by molar-refractivity contribution is 5.94. The summed E-state index contributed by atoms with van der Waals surface area (Å²) in [5, 5.41) is 6.69. The predicted octanol–water partition coefficient (Wildman–Crippen LogP) is 2.35. The molecule has 29 heavy (non-hydrogen) atoms. The monoisotopic (exact) mass is 393 g/mol. The zero-order valence-corrected chi connectivity index (χ0v) is 15.9. The zero-order chi connectivity index (χ0) is 20.8. The molecular weight excluding hydrogens is 374 g/mol. The molecule has 1 N–H and O–H groups in total. The van der Waals surface area contributed by atoms with Crippen LogP contribution < -0.4 is 15.5 Å². The number of carbonyl (C=O) groups is 2. The van der Waals surface area contributed by atoms with Gasteiger partial charge in [-0.1, -0.05) is 18.2 Å². The molecule has 0 aliphatic rings. The fraction of sp³-hybridized carbons (Fsp3) is 0.143. The van der Waals surface area contributed by atoms with E-state index in [9.17, 15) is 14.4 Å². The molecule has 0 fully saturated rings. The van der Waals surface area contributed by atoms with Gasteiger partial charge in [-0.2, -0.15) is 5.10 Å². The summed E-state index contributed by atoms with van der Waals surface area (Å²) in [6, 6.07) is 17.0. The molecule has 0 bridgehead atoms. The first-order chi connectivity index (χ1) is 14.0. The molecule has 8 heteroatoms. The number of para-hydroxylation sites is 1. The number of rotatable bonds is 6. The summed E-state index contributed by atoms with van der Waals surface area (Å²) in [7, 11) is 1.54. The van der Waals surface area contributed by atoms with Crippen molar-refractivity contribution in [3.05, 3.63) is 82.3 Å². The van der Waals surface area contributed by atoms with Gasteiger partial charge in [-0.05, 0) is 43.3 Å². The van der Waals surface area contributed by atoms with E-state index in [1.807, 2.05) is 18.2 Å². The van der Waals surface area contributed by atoms with Crippen LogP contribution in [-0.4, -0.2) is 35.4 Å². The summed E-state index contributed by atoms with van der Waals surface area (Å²) in [6.07, 6.45) is 0. The van der Waals surface area contributed by atoms with Gasteiger partial charge in [0.05, 0.1) is 12.8 Å². The van der Waals surface area contributed by atoms with Crippen molar-refractivity contribution in [2.45, 2.75) is 6.92 Å². The van der Waals surface area contributed by atoms with Gasteiger partial charge in [0.15, 0.2) is 6.61 Å². The van der Waals surface area contributed by atoms with Crippen LogP contribution in [-0.2, 0) is 9.53 Å². The summed E-state index contributed by atoms with van der Waals surface area (Å²) in [6.45, 7) is 1.16. The largest absolute Gasteiger partial charge is 0.497 e. The Balaban J connectivity index is 1.68. The third-order valence-electron chi connectivity index (χ3n) is 4.01. The number of ether oxygens (including phenoxy) is 2. The Hall–Kier alpha value is -3.94. The second-order valence-corrected chi connectivity index (χ2v) is 6.10. The van der Waals surface area contributed by atoms with Gasteiger partial charge in [0.1, 0.15) is 5.75 Å². The molecule has 0 radical (unpaired) electrons. The Morgan fingerprint density at radius 3 is 2.41 bits per heavy atom. The molecule has 0 unspecified atom stereocenters. The van der Waals surface area contributed by atoms with Crippen LogP contribution in [0.5, 0.6) is 5.75 Å². The maximum atomic E-state index is 12.3. The molecule has 3 aromatic rings. The molecule has 1 amide bonds. The van der Waals surface area contributed by atoms with Gasteiger partial charge in [0, 0.05) is 17.4 Å². The molecule has 0 saturated heterocycles. The zero-order valence-electron chi connectivity index (χ0n) is 15.9. The van der Waals surface area contributed by atoms with Crippen molar-refractivity contribution in [2.24, 2.45) is 0 Å². The molecule has 3 rings (SSSR count). The molecule has 0 aliphatic carbocycles. The van der Waals surface area contributed by atoms with E-state index in [4.69, 9.17) is 9.47 Å². The number of nitrogens with one attached hydrogen (secondary N) is 1. The number of amides is 1. The molecule has 0 spiro atoms. The summed E-state index contributed by atoms with van der Waals surface area (Å²) >= 11 is 0. The first kappa shape index (κ1) is 19.8. The number of nitrogens with zero attached hydrogens (tertiary/aromatic N) is 2. The van der Waals surface area contributed by atoms with Gasteiger partial charge in [0.25, 0.3) is 5.91 Å². The smallest absolute Gasteiger partial charge is 0.363 e. The van der Waals surface area contributed by atoms with Crippen molar-refractivity contribution < 1.29 is 19.1 Å². The van der Waals surface area contributed by atoms with Crippen LogP contribution in [0, 0.1) is 6.92 Å². The molecule has 2 aromatic carbocycles. The molecule has 0 saturated carbocycles. The third kappa shape index (κ3) is 4.86. The van der Waals surface area contributed by atoms with Gasteiger partial charge >= 0.3 is 5.97 Å². The van der Waals surface area contributed by atoms with E-state index in [-0.39, 0.29) is 0 Å². The quantitative estimate of drug-likeness (QED) is 0.646. The Bertz CT molecular complexity index is 1080. The highest BCUT2D eigenvalue weighted by atomic mass is 16.5. The maximum Gasteiger partial charge on any atom is 0.363 e.